The highest BCUT2D eigenvalue weighted by Gasteiger charge is 2.30. The highest BCUT2D eigenvalue weighted by atomic mass is 35.5. The second-order valence-electron chi connectivity index (χ2n) is 8.35. The Kier molecular flexibility index (Phi) is 8.67. The van der Waals surface area contributed by atoms with Gasteiger partial charge in [0.15, 0.2) is 0 Å². The second-order valence-corrected chi connectivity index (χ2v) is 8.79. The molecule has 0 bridgehead atoms. The van der Waals surface area contributed by atoms with Crippen LogP contribution in [0, 0.1) is 13.8 Å². The Balaban J connectivity index is 1.97. The fraction of sp³-hybridized carbons (Fsp3) is 0.286. The lowest BCUT2D eigenvalue weighted by Gasteiger charge is -2.32. The molecule has 172 valence electrons. The molecule has 5 heteroatoms. The van der Waals surface area contributed by atoms with Gasteiger partial charge in [0.05, 0.1) is 6.42 Å². The van der Waals surface area contributed by atoms with Crippen LogP contribution in [-0.4, -0.2) is 29.3 Å². The molecule has 3 rings (SSSR count). The summed E-state index contributed by atoms with van der Waals surface area (Å²) in [4.78, 5) is 28.6. The molecule has 0 spiro atoms. The predicted octanol–water partition coefficient (Wildman–Crippen LogP) is 5.28. The molecule has 1 N–H and O–H groups in total. The Labute approximate surface area is 201 Å². The van der Waals surface area contributed by atoms with E-state index in [9.17, 15) is 9.59 Å². The molecule has 4 nitrogen and oxygen atoms in total. The molecule has 0 fully saturated rings. The van der Waals surface area contributed by atoms with Gasteiger partial charge in [-0.05, 0) is 55.2 Å². The third kappa shape index (κ3) is 6.93. The maximum atomic E-state index is 13.7. The molecule has 0 aromatic heterocycles. The summed E-state index contributed by atoms with van der Waals surface area (Å²) in [5.41, 5.74) is 5.09. The van der Waals surface area contributed by atoms with Crippen LogP contribution in [0.3, 0.4) is 0 Å². The van der Waals surface area contributed by atoms with Crippen LogP contribution in [0.1, 0.15) is 34.7 Å². The van der Waals surface area contributed by atoms with Gasteiger partial charge in [-0.2, -0.15) is 0 Å². The van der Waals surface area contributed by atoms with Gasteiger partial charge in [-0.3, -0.25) is 9.59 Å². The van der Waals surface area contributed by atoms with E-state index in [0.29, 0.717) is 24.5 Å². The number of hydrogen-bond donors (Lipinski definition) is 1. The summed E-state index contributed by atoms with van der Waals surface area (Å²) in [6, 6.07) is 22.7. The van der Waals surface area contributed by atoms with Crippen molar-refractivity contribution in [2.24, 2.45) is 0 Å². The summed E-state index contributed by atoms with van der Waals surface area (Å²) in [5, 5.41) is 3.56. The normalized spacial score (nSPS) is 11.6. The third-order valence-electron chi connectivity index (χ3n) is 5.73. The first-order valence-corrected chi connectivity index (χ1v) is 11.7. The molecule has 1 atom stereocenters. The number of nitrogens with one attached hydrogen (secondary N) is 1. The minimum absolute atomic E-state index is 0.0779. The van der Waals surface area contributed by atoms with Crippen LogP contribution in [0.2, 0.25) is 5.02 Å². The molecular formula is C28H31ClN2O2. The van der Waals surface area contributed by atoms with Crippen LogP contribution < -0.4 is 5.32 Å². The topological polar surface area (TPSA) is 49.4 Å². The van der Waals surface area contributed by atoms with Crippen LogP contribution in [0.4, 0.5) is 0 Å². The number of rotatable bonds is 9. The molecule has 0 aliphatic heterocycles. The summed E-state index contributed by atoms with van der Waals surface area (Å²) < 4.78 is 0. The number of halogens is 1. The summed E-state index contributed by atoms with van der Waals surface area (Å²) in [6.07, 6.45) is 0.685. The average molecular weight is 463 g/mol. The fourth-order valence-electron chi connectivity index (χ4n) is 3.89. The van der Waals surface area contributed by atoms with Gasteiger partial charge in [0.25, 0.3) is 0 Å². The molecule has 0 radical (unpaired) electrons. The van der Waals surface area contributed by atoms with Gasteiger partial charge in [0.1, 0.15) is 6.04 Å². The van der Waals surface area contributed by atoms with E-state index < -0.39 is 6.04 Å². The Morgan fingerprint density at radius 3 is 2.30 bits per heavy atom. The molecule has 3 aromatic rings. The molecular weight excluding hydrogens is 432 g/mol. The maximum absolute atomic E-state index is 13.7. The Morgan fingerprint density at radius 2 is 1.64 bits per heavy atom. The lowest BCUT2D eigenvalue weighted by Crippen LogP contribution is -2.51. The number of aryl methyl sites for hydroxylation is 2. The number of likely N-dealkylation sites (N-methyl/N-ethyl adjacent to an activating group) is 1. The summed E-state index contributed by atoms with van der Waals surface area (Å²) in [5.74, 6) is -0.226. The van der Waals surface area contributed by atoms with Crippen LogP contribution in [0.25, 0.3) is 0 Å². The average Bonchev–Trinajstić information content (AvgIpc) is 2.80. The van der Waals surface area contributed by atoms with Gasteiger partial charge in [-0.1, -0.05) is 77.8 Å². The van der Waals surface area contributed by atoms with Crippen molar-refractivity contribution in [2.75, 3.05) is 6.54 Å². The molecule has 2 amide bonds. The molecule has 0 aliphatic rings. The number of carbonyl (C=O) groups excluding carboxylic acids is 2. The molecule has 0 saturated heterocycles. The number of amides is 2. The molecule has 33 heavy (non-hydrogen) atoms. The summed E-state index contributed by atoms with van der Waals surface area (Å²) in [6.45, 7) is 6.75. The van der Waals surface area contributed by atoms with Gasteiger partial charge in [0, 0.05) is 24.5 Å². The van der Waals surface area contributed by atoms with E-state index in [4.69, 9.17) is 11.6 Å². The standard InChI is InChI=1S/C28H31ClN2O2/c1-4-30-28(33)26(17-22-8-6-5-7-9-22)31(19-23-12-14-25(29)15-13-23)27(32)18-24-16-20(2)10-11-21(24)3/h5-16,26H,4,17-19H2,1-3H3,(H,30,33)/t26-/m1/s1. The summed E-state index contributed by atoms with van der Waals surface area (Å²) >= 11 is 6.07. The van der Waals surface area contributed by atoms with Crippen LogP contribution in [0.15, 0.2) is 72.8 Å². The first-order chi connectivity index (χ1) is 15.9. The van der Waals surface area contributed by atoms with Gasteiger partial charge in [-0.15, -0.1) is 0 Å². The second kappa shape index (κ2) is 11.7. The zero-order valence-corrected chi connectivity index (χ0v) is 20.2. The molecule has 0 heterocycles. The van der Waals surface area contributed by atoms with Gasteiger partial charge >= 0.3 is 0 Å². The van der Waals surface area contributed by atoms with E-state index in [1.165, 1.54) is 0 Å². The van der Waals surface area contributed by atoms with E-state index in [1.54, 1.807) is 4.90 Å². The van der Waals surface area contributed by atoms with Gasteiger partial charge < -0.3 is 10.2 Å². The number of nitrogens with zero attached hydrogens (tertiary/aromatic N) is 1. The van der Waals surface area contributed by atoms with Crippen molar-refractivity contribution < 1.29 is 9.59 Å². The van der Waals surface area contributed by atoms with Crippen molar-refractivity contribution in [1.82, 2.24) is 10.2 Å². The monoisotopic (exact) mass is 462 g/mol. The minimum Gasteiger partial charge on any atom is -0.355 e. The predicted molar refractivity (Wildman–Crippen MR) is 134 cm³/mol. The number of benzene rings is 3. The third-order valence-corrected chi connectivity index (χ3v) is 5.99. The Morgan fingerprint density at radius 1 is 0.939 bits per heavy atom. The highest BCUT2D eigenvalue weighted by molar-refractivity contribution is 6.30. The van der Waals surface area contributed by atoms with Gasteiger partial charge in [0.2, 0.25) is 11.8 Å². The van der Waals surface area contributed by atoms with E-state index in [2.05, 4.69) is 5.32 Å². The number of carbonyl (C=O) groups is 2. The van der Waals surface area contributed by atoms with Crippen molar-refractivity contribution in [2.45, 2.75) is 46.2 Å². The quantitative estimate of drug-likeness (QED) is 0.470. The van der Waals surface area contributed by atoms with Crippen LogP contribution in [0.5, 0.6) is 0 Å². The van der Waals surface area contributed by atoms with E-state index in [1.807, 2.05) is 93.6 Å². The first kappa shape index (κ1) is 24.5. The lowest BCUT2D eigenvalue weighted by atomic mass is 9.99. The Hall–Kier alpha value is -3.11. The zero-order chi connectivity index (χ0) is 23.8. The van der Waals surface area contributed by atoms with Crippen LogP contribution >= 0.6 is 11.6 Å². The lowest BCUT2D eigenvalue weighted by molar-refractivity contribution is -0.140. The maximum Gasteiger partial charge on any atom is 0.243 e. The van der Waals surface area contributed by atoms with E-state index >= 15 is 0 Å². The van der Waals surface area contributed by atoms with Crippen molar-refractivity contribution >= 4 is 23.4 Å². The fourth-order valence-corrected chi connectivity index (χ4v) is 4.01. The smallest absolute Gasteiger partial charge is 0.243 e. The van der Waals surface area contributed by atoms with Crippen molar-refractivity contribution in [3.8, 4) is 0 Å². The molecule has 0 aliphatic carbocycles. The molecule has 3 aromatic carbocycles. The first-order valence-electron chi connectivity index (χ1n) is 11.3. The molecule has 0 unspecified atom stereocenters. The zero-order valence-electron chi connectivity index (χ0n) is 19.5. The van der Waals surface area contributed by atoms with Crippen molar-refractivity contribution in [3.63, 3.8) is 0 Å². The van der Waals surface area contributed by atoms with Crippen molar-refractivity contribution in [3.05, 3.63) is 106 Å². The van der Waals surface area contributed by atoms with E-state index in [0.717, 1.165) is 27.8 Å². The molecule has 0 saturated carbocycles. The largest absolute Gasteiger partial charge is 0.355 e. The highest BCUT2D eigenvalue weighted by Crippen LogP contribution is 2.19. The van der Waals surface area contributed by atoms with Gasteiger partial charge in [-0.25, -0.2) is 0 Å². The SMILES string of the molecule is CCNC(=O)[C@@H](Cc1ccccc1)N(Cc1ccc(Cl)cc1)C(=O)Cc1cc(C)ccc1C. The number of hydrogen-bond acceptors (Lipinski definition) is 2. The van der Waals surface area contributed by atoms with E-state index in [-0.39, 0.29) is 18.2 Å². The van der Waals surface area contributed by atoms with Crippen molar-refractivity contribution in [1.29, 1.82) is 0 Å². The Bertz CT molecular complexity index is 1080. The summed E-state index contributed by atoms with van der Waals surface area (Å²) in [7, 11) is 0. The minimum atomic E-state index is -0.624. The van der Waals surface area contributed by atoms with Crippen LogP contribution in [-0.2, 0) is 29.0 Å².